The van der Waals surface area contributed by atoms with Crippen molar-refractivity contribution >= 4 is 17.3 Å². The standard InChI is InChI=1S/C13H12N2O2S/c1-8-10(9-2-6-14-7-3-9)15-11(18-8)13(4-5-13)12(16)17/h2-3,6-7H,4-5H2,1H3,(H,16,17). The molecule has 1 aliphatic carbocycles. The van der Waals surface area contributed by atoms with E-state index in [9.17, 15) is 9.90 Å². The van der Waals surface area contributed by atoms with Gasteiger partial charge in [0.25, 0.3) is 0 Å². The third-order valence-corrected chi connectivity index (χ3v) is 4.49. The number of aromatic nitrogens is 2. The predicted molar refractivity (Wildman–Crippen MR) is 68.6 cm³/mol. The first-order valence-corrected chi connectivity index (χ1v) is 6.57. The first kappa shape index (κ1) is 11.3. The summed E-state index contributed by atoms with van der Waals surface area (Å²) in [6.45, 7) is 1.98. The number of aryl methyl sites for hydroxylation is 1. The number of aliphatic carboxylic acids is 1. The summed E-state index contributed by atoms with van der Waals surface area (Å²) >= 11 is 1.49. The number of hydrogen-bond donors (Lipinski definition) is 1. The molecule has 0 bridgehead atoms. The van der Waals surface area contributed by atoms with E-state index in [1.54, 1.807) is 12.4 Å². The molecule has 92 valence electrons. The Morgan fingerprint density at radius 2 is 2.06 bits per heavy atom. The van der Waals surface area contributed by atoms with Crippen molar-refractivity contribution in [2.45, 2.75) is 25.2 Å². The van der Waals surface area contributed by atoms with Gasteiger partial charge < -0.3 is 5.11 Å². The van der Waals surface area contributed by atoms with Gasteiger partial charge in [-0.2, -0.15) is 0 Å². The van der Waals surface area contributed by atoms with E-state index in [0.717, 1.165) is 21.1 Å². The Hall–Kier alpha value is -1.75. The van der Waals surface area contributed by atoms with Crippen LogP contribution in [0.1, 0.15) is 22.7 Å². The van der Waals surface area contributed by atoms with Gasteiger partial charge in [-0.15, -0.1) is 11.3 Å². The number of thiazole rings is 1. The van der Waals surface area contributed by atoms with Crippen LogP contribution < -0.4 is 0 Å². The molecule has 0 aromatic carbocycles. The molecule has 0 aliphatic heterocycles. The number of pyridine rings is 1. The molecule has 0 spiro atoms. The smallest absolute Gasteiger partial charge is 0.316 e. The van der Waals surface area contributed by atoms with E-state index in [1.807, 2.05) is 19.1 Å². The van der Waals surface area contributed by atoms with E-state index in [1.165, 1.54) is 11.3 Å². The van der Waals surface area contributed by atoms with Crippen LogP contribution in [0, 0.1) is 6.92 Å². The third-order valence-electron chi connectivity index (χ3n) is 3.32. The van der Waals surface area contributed by atoms with Gasteiger partial charge in [-0.1, -0.05) is 0 Å². The van der Waals surface area contributed by atoms with Crippen LogP contribution in [-0.4, -0.2) is 21.0 Å². The van der Waals surface area contributed by atoms with E-state index in [2.05, 4.69) is 9.97 Å². The van der Waals surface area contributed by atoms with Crippen molar-refractivity contribution in [3.8, 4) is 11.3 Å². The molecular weight excluding hydrogens is 248 g/mol. The quantitative estimate of drug-likeness (QED) is 0.921. The molecule has 0 unspecified atom stereocenters. The fraction of sp³-hybridized carbons (Fsp3) is 0.308. The normalized spacial score (nSPS) is 16.5. The highest BCUT2D eigenvalue weighted by molar-refractivity contribution is 7.12. The average Bonchev–Trinajstić information content (AvgIpc) is 3.09. The number of carboxylic acid groups (broad SMARTS) is 1. The van der Waals surface area contributed by atoms with Crippen LogP contribution in [0.25, 0.3) is 11.3 Å². The van der Waals surface area contributed by atoms with Gasteiger partial charge in [-0.05, 0) is 31.9 Å². The Kier molecular flexibility index (Phi) is 2.45. The average molecular weight is 260 g/mol. The van der Waals surface area contributed by atoms with Gasteiger partial charge in [0.15, 0.2) is 0 Å². The molecule has 1 N–H and O–H groups in total. The maximum Gasteiger partial charge on any atom is 0.316 e. The summed E-state index contributed by atoms with van der Waals surface area (Å²) in [5.74, 6) is -0.752. The third kappa shape index (κ3) is 1.62. The molecule has 0 saturated heterocycles. The molecule has 4 nitrogen and oxygen atoms in total. The van der Waals surface area contributed by atoms with Crippen LogP contribution in [-0.2, 0) is 10.2 Å². The minimum atomic E-state index is -0.752. The highest BCUT2D eigenvalue weighted by Gasteiger charge is 2.54. The Morgan fingerprint density at radius 3 is 2.61 bits per heavy atom. The van der Waals surface area contributed by atoms with Crippen molar-refractivity contribution < 1.29 is 9.90 Å². The summed E-state index contributed by atoms with van der Waals surface area (Å²) in [4.78, 5) is 20.9. The molecule has 0 atom stereocenters. The van der Waals surface area contributed by atoms with E-state index < -0.39 is 11.4 Å². The van der Waals surface area contributed by atoms with Gasteiger partial charge in [-0.3, -0.25) is 9.78 Å². The SMILES string of the molecule is Cc1sc(C2(C(=O)O)CC2)nc1-c1ccncc1. The van der Waals surface area contributed by atoms with Crippen molar-refractivity contribution in [1.82, 2.24) is 9.97 Å². The molecule has 5 heteroatoms. The second-order valence-electron chi connectivity index (χ2n) is 4.55. The number of nitrogens with zero attached hydrogens (tertiary/aromatic N) is 2. The lowest BCUT2D eigenvalue weighted by Crippen LogP contribution is -2.19. The summed E-state index contributed by atoms with van der Waals surface area (Å²) in [5.41, 5.74) is 1.16. The molecule has 0 amide bonds. The largest absolute Gasteiger partial charge is 0.481 e. The lowest BCUT2D eigenvalue weighted by Gasteiger charge is -2.03. The molecule has 3 rings (SSSR count). The van der Waals surface area contributed by atoms with E-state index in [-0.39, 0.29) is 0 Å². The van der Waals surface area contributed by atoms with Gasteiger partial charge in [0.05, 0.1) is 5.69 Å². The van der Waals surface area contributed by atoms with Gasteiger partial charge in [-0.25, -0.2) is 4.98 Å². The summed E-state index contributed by atoms with van der Waals surface area (Å²) in [7, 11) is 0. The van der Waals surface area contributed by atoms with E-state index in [0.29, 0.717) is 12.8 Å². The number of carbonyl (C=O) groups is 1. The molecule has 2 heterocycles. The highest BCUT2D eigenvalue weighted by atomic mass is 32.1. The predicted octanol–water partition coefficient (Wildman–Crippen LogP) is 2.63. The Labute approximate surface area is 108 Å². The van der Waals surface area contributed by atoms with Crippen LogP contribution in [0.2, 0.25) is 0 Å². The first-order chi connectivity index (χ1) is 8.63. The fourth-order valence-corrected chi connectivity index (χ4v) is 3.20. The van der Waals surface area contributed by atoms with Crippen LogP contribution in [0.4, 0.5) is 0 Å². The monoisotopic (exact) mass is 260 g/mol. The van der Waals surface area contributed by atoms with Crippen molar-refractivity contribution in [3.63, 3.8) is 0 Å². The zero-order valence-electron chi connectivity index (χ0n) is 9.88. The first-order valence-electron chi connectivity index (χ1n) is 5.75. The van der Waals surface area contributed by atoms with E-state index in [4.69, 9.17) is 0 Å². The maximum atomic E-state index is 11.3. The van der Waals surface area contributed by atoms with Gasteiger partial charge in [0, 0.05) is 22.8 Å². The number of rotatable bonds is 3. The van der Waals surface area contributed by atoms with Crippen molar-refractivity contribution in [2.24, 2.45) is 0 Å². The van der Waals surface area contributed by atoms with Gasteiger partial charge in [0.1, 0.15) is 10.4 Å². The highest BCUT2D eigenvalue weighted by Crippen LogP contribution is 2.50. The van der Waals surface area contributed by atoms with Crippen molar-refractivity contribution in [2.75, 3.05) is 0 Å². The molecule has 2 aromatic heterocycles. The second kappa shape index (κ2) is 3.88. The summed E-state index contributed by atoms with van der Waals surface area (Å²) in [5, 5.41) is 10.0. The van der Waals surface area contributed by atoms with Crippen LogP contribution in [0.5, 0.6) is 0 Å². The molecule has 0 radical (unpaired) electrons. The molecule has 2 aromatic rings. The summed E-state index contributed by atoms with van der Waals surface area (Å²) in [6.07, 6.45) is 4.84. The Balaban J connectivity index is 2.05. The van der Waals surface area contributed by atoms with Gasteiger partial charge in [0.2, 0.25) is 0 Å². The van der Waals surface area contributed by atoms with Crippen molar-refractivity contribution in [1.29, 1.82) is 0 Å². The lowest BCUT2D eigenvalue weighted by atomic mass is 10.1. The molecule has 18 heavy (non-hydrogen) atoms. The Morgan fingerprint density at radius 1 is 1.39 bits per heavy atom. The minimum absolute atomic E-state index is 0.699. The molecular formula is C13H12N2O2S. The summed E-state index contributed by atoms with van der Waals surface area (Å²) < 4.78 is 0. The second-order valence-corrected chi connectivity index (χ2v) is 5.75. The molecule has 1 saturated carbocycles. The zero-order chi connectivity index (χ0) is 12.8. The van der Waals surface area contributed by atoms with Crippen LogP contribution >= 0.6 is 11.3 Å². The van der Waals surface area contributed by atoms with Crippen LogP contribution in [0.15, 0.2) is 24.5 Å². The topological polar surface area (TPSA) is 63.1 Å². The summed E-state index contributed by atoms with van der Waals surface area (Å²) in [6, 6.07) is 3.79. The number of hydrogen-bond acceptors (Lipinski definition) is 4. The van der Waals surface area contributed by atoms with Crippen LogP contribution in [0.3, 0.4) is 0 Å². The maximum absolute atomic E-state index is 11.3. The molecule has 1 aliphatic rings. The zero-order valence-corrected chi connectivity index (χ0v) is 10.7. The van der Waals surface area contributed by atoms with Gasteiger partial charge >= 0.3 is 5.97 Å². The van der Waals surface area contributed by atoms with E-state index >= 15 is 0 Å². The fourth-order valence-electron chi connectivity index (χ4n) is 2.02. The van der Waals surface area contributed by atoms with Crippen molar-refractivity contribution in [3.05, 3.63) is 34.4 Å². The molecule has 1 fully saturated rings. The minimum Gasteiger partial charge on any atom is -0.481 e. The lowest BCUT2D eigenvalue weighted by molar-refractivity contribution is -0.140. The number of carboxylic acids is 1. The Bertz CT molecular complexity index is 603.